The van der Waals surface area contributed by atoms with Crippen LogP contribution in [0.1, 0.15) is 24.4 Å². The number of benzene rings is 2. The van der Waals surface area contributed by atoms with Gasteiger partial charge < -0.3 is 15.6 Å². The minimum absolute atomic E-state index is 0.228. The fourth-order valence-corrected chi connectivity index (χ4v) is 2.51. The third-order valence-electron chi connectivity index (χ3n) is 3.56. The first-order chi connectivity index (χ1) is 11.1. The molecule has 0 spiro atoms. The molecule has 1 heterocycles. The van der Waals surface area contributed by atoms with Crippen LogP contribution in [-0.4, -0.2) is 16.0 Å². The first-order valence-corrected chi connectivity index (χ1v) is 7.73. The number of H-pyrrole nitrogens is 1. The molecule has 0 bridgehead atoms. The molecule has 6 heteroatoms. The highest BCUT2D eigenvalue weighted by molar-refractivity contribution is 6.31. The number of carbonyl (C=O) groups is 1. The summed E-state index contributed by atoms with van der Waals surface area (Å²) in [6.45, 7) is 2.26. The van der Waals surface area contributed by atoms with Crippen molar-refractivity contribution < 1.29 is 4.79 Å². The molecule has 2 amide bonds. The molecule has 118 valence electrons. The Morgan fingerprint density at radius 1 is 1.22 bits per heavy atom. The van der Waals surface area contributed by atoms with E-state index in [0.717, 1.165) is 22.4 Å². The number of nitrogens with one attached hydrogen (secondary N) is 3. The van der Waals surface area contributed by atoms with E-state index in [2.05, 4.69) is 20.6 Å². The molecule has 1 aromatic heterocycles. The van der Waals surface area contributed by atoms with Crippen molar-refractivity contribution in [3.05, 3.63) is 64.9 Å². The van der Waals surface area contributed by atoms with Crippen LogP contribution in [0.4, 0.5) is 4.79 Å². The third kappa shape index (κ3) is 3.63. The smallest absolute Gasteiger partial charge is 0.315 e. The minimum atomic E-state index is -0.266. The summed E-state index contributed by atoms with van der Waals surface area (Å²) in [5.74, 6) is 0.721. The SMILES string of the molecule is CC(NC(=O)NCc1ccccc1Cl)c1nc2ccccc2[nH]1. The van der Waals surface area contributed by atoms with Crippen LogP contribution >= 0.6 is 11.6 Å². The van der Waals surface area contributed by atoms with Crippen LogP contribution in [0.2, 0.25) is 5.02 Å². The van der Waals surface area contributed by atoms with Crippen LogP contribution in [0.3, 0.4) is 0 Å². The Morgan fingerprint density at radius 3 is 2.74 bits per heavy atom. The average Bonchev–Trinajstić information content (AvgIpc) is 2.98. The molecule has 0 radical (unpaired) electrons. The van der Waals surface area contributed by atoms with Crippen LogP contribution < -0.4 is 10.6 Å². The lowest BCUT2D eigenvalue weighted by Crippen LogP contribution is -2.37. The van der Waals surface area contributed by atoms with E-state index in [1.807, 2.05) is 49.4 Å². The van der Waals surface area contributed by atoms with Gasteiger partial charge in [-0.05, 0) is 30.7 Å². The highest BCUT2D eigenvalue weighted by Gasteiger charge is 2.13. The minimum Gasteiger partial charge on any atom is -0.340 e. The summed E-state index contributed by atoms with van der Waals surface area (Å²) in [5.41, 5.74) is 2.71. The Morgan fingerprint density at radius 2 is 1.96 bits per heavy atom. The quantitative estimate of drug-likeness (QED) is 0.682. The van der Waals surface area contributed by atoms with E-state index in [9.17, 15) is 4.79 Å². The lowest BCUT2D eigenvalue weighted by molar-refractivity contribution is 0.237. The molecule has 1 atom stereocenters. The van der Waals surface area contributed by atoms with Gasteiger partial charge >= 0.3 is 6.03 Å². The Kier molecular flexibility index (Phi) is 4.48. The number of hydrogen-bond acceptors (Lipinski definition) is 2. The van der Waals surface area contributed by atoms with Gasteiger partial charge in [-0.3, -0.25) is 0 Å². The van der Waals surface area contributed by atoms with Crippen molar-refractivity contribution in [2.75, 3.05) is 0 Å². The molecule has 3 rings (SSSR count). The van der Waals surface area contributed by atoms with Crippen LogP contribution in [0.5, 0.6) is 0 Å². The van der Waals surface area contributed by atoms with Crippen molar-refractivity contribution in [3.8, 4) is 0 Å². The molecule has 0 aliphatic heterocycles. The van der Waals surface area contributed by atoms with Gasteiger partial charge in [-0.2, -0.15) is 0 Å². The molecule has 5 nitrogen and oxygen atoms in total. The van der Waals surface area contributed by atoms with Crippen molar-refractivity contribution in [3.63, 3.8) is 0 Å². The fourth-order valence-electron chi connectivity index (χ4n) is 2.31. The molecule has 3 N–H and O–H groups in total. The van der Waals surface area contributed by atoms with Crippen molar-refractivity contribution in [2.45, 2.75) is 19.5 Å². The fraction of sp³-hybridized carbons (Fsp3) is 0.176. The summed E-state index contributed by atoms with van der Waals surface area (Å²) in [6.07, 6.45) is 0. The second kappa shape index (κ2) is 6.71. The van der Waals surface area contributed by atoms with Gasteiger partial charge in [0.05, 0.1) is 17.1 Å². The largest absolute Gasteiger partial charge is 0.340 e. The first kappa shape index (κ1) is 15.4. The van der Waals surface area contributed by atoms with Gasteiger partial charge in [0.15, 0.2) is 0 Å². The molecule has 2 aromatic carbocycles. The van der Waals surface area contributed by atoms with Crippen LogP contribution in [0, 0.1) is 0 Å². The predicted molar refractivity (Wildman–Crippen MR) is 91.3 cm³/mol. The van der Waals surface area contributed by atoms with Gasteiger partial charge in [0.25, 0.3) is 0 Å². The molecular weight excluding hydrogens is 312 g/mol. The summed E-state index contributed by atoms with van der Waals surface area (Å²) in [7, 11) is 0. The summed E-state index contributed by atoms with van der Waals surface area (Å²) < 4.78 is 0. The number of hydrogen-bond donors (Lipinski definition) is 3. The number of para-hydroxylation sites is 2. The first-order valence-electron chi connectivity index (χ1n) is 7.36. The van der Waals surface area contributed by atoms with E-state index in [4.69, 9.17) is 11.6 Å². The number of carbonyl (C=O) groups excluding carboxylic acids is 1. The maximum atomic E-state index is 12.0. The summed E-state index contributed by atoms with van der Waals surface area (Å²) in [4.78, 5) is 19.7. The van der Waals surface area contributed by atoms with E-state index >= 15 is 0 Å². The van der Waals surface area contributed by atoms with E-state index in [0.29, 0.717) is 11.6 Å². The molecule has 23 heavy (non-hydrogen) atoms. The normalized spacial score (nSPS) is 12.1. The molecule has 0 aliphatic rings. The van der Waals surface area contributed by atoms with Gasteiger partial charge in [-0.15, -0.1) is 0 Å². The number of halogens is 1. The molecule has 0 saturated carbocycles. The number of fused-ring (bicyclic) bond motifs is 1. The highest BCUT2D eigenvalue weighted by atomic mass is 35.5. The van der Waals surface area contributed by atoms with Gasteiger partial charge in [0, 0.05) is 11.6 Å². The number of nitrogens with zero attached hydrogens (tertiary/aromatic N) is 1. The zero-order chi connectivity index (χ0) is 16.2. The van der Waals surface area contributed by atoms with Crippen molar-refractivity contribution >= 4 is 28.7 Å². The maximum absolute atomic E-state index is 12.0. The van der Waals surface area contributed by atoms with Crippen molar-refractivity contribution in [1.29, 1.82) is 0 Å². The maximum Gasteiger partial charge on any atom is 0.315 e. The molecule has 3 aromatic rings. The predicted octanol–water partition coefficient (Wildman–Crippen LogP) is 3.78. The number of urea groups is 1. The van der Waals surface area contributed by atoms with Gasteiger partial charge in [-0.25, -0.2) is 9.78 Å². The van der Waals surface area contributed by atoms with E-state index in [-0.39, 0.29) is 12.1 Å². The Bertz CT molecular complexity index is 797. The zero-order valence-corrected chi connectivity index (χ0v) is 13.4. The van der Waals surface area contributed by atoms with Gasteiger partial charge in [-0.1, -0.05) is 41.9 Å². The van der Waals surface area contributed by atoms with E-state index in [1.165, 1.54) is 0 Å². The molecule has 0 aliphatic carbocycles. The number of imidazole rings is 1. The van der Waals surface area contributed by atoms with Gasteiger partial charge in [0.1, 0.15) is 5.82 Å². The van der Waals surface area contributed by atoms with E-state index in [1.54, 1.807) is 6.07 Å². The Hall–Kier alpha value is -2.53. The number of aromatic nitrogens is 2. The zero-order valence-electron chi connectivity index (χ0n) is 12.6. The van der Waals surface area contributed by atoms with E-state index < -0.39 is 0 Å². The standard InChI is InChI=1S/C17H17ClN4O/c1-11(16-21-14-8-4-5-9-15(14)22-16)20-17(23)19-10-12-6-2-3-7-13(12)18/h2-9,11H,10H2,1H3,(H,21,22)(H2,19,20,23). The van der Waals surface area contributed by atoms with Crippen LogP contribution in [0.25, 0.3) is 11.0 Å². The van der Waals surface area contributed by atoms with Crippen LogP contribution in [-0.2, 0) is 6.54 Å². The molecular formula is C17H17ClN4O. The summed E-state index contributed by atoms with van der Waals surface area (Å²) in [6, 6.07) is 14.7. The monoisotopic (exact) mass is 328 g/mol. The average molecular weight is 329 g/mol. The Labute approximate surface area is 139 Å². The van der Waals surface area contributed by atoms with Gasteiger partial charge in [0.2, 0.25) is 0 Å². The second-order valence-corrected chi connectivity index (χ2v) is 5.69. The molecule has 0 saturated heterocycles. The lowest BCUT2D eigenvalue weighted by Gasteiger charge is -2.13. The molecule has 0 fully saturated rings. The number of amides is 2. The lowest BCUT2D eigenvalue weighted by atomic mass is 10.2. The molecule has 1 unspecified atom stereocenters. The van der Waals surface area contributed by atoms with Crippen molar-refractivity contribution in [1.82, 2.24) is 20.6 Å². The number of aromatic amines is 1. The highest BCUT2D eigenvalue weighted by Crippen LogP contribution is 2.16. The summed E-state index contributed by atoms with van der Waals surface area (Å²) >= 11 is 6.07. The number of rotatable bonds is 4. The van der Waals surface area contributed by atoms with Crippen molar-refractivity contribution in [2.24, 2.45) is 0 Å². The second-order valence-electron chi connectivity index (χ2n) is 5.28. The third-order valence-corrected chi connectivity index (χ3v) is 3.93. The van der Waals surface area contributed by atoms with Crippen LogP contribution in [0.15, 0.2) is 48.5 Å². The topological polar surface area (TPSA) is 69.8 Å². The Balaban J connectivity index is 1.60. The summed E-state index contributed by atoms with van der Waals surface area (Å²) in [5, 5.41) is 6.30.